The van der Waals surface area contributed by atoms with E-state index in [1.54, 1.807) is 15.6 Å². The zero-order valence-electron chi connectivity index (χ0n) is 22.2. The number of nitrogens with one attached hydrogen (secondary N) is 1. The van der Waals surface area contributed by atoms with E-state index in [2.05, 4.69) is 39.6 Å². The summed E-state index contributed by atoms with van der Waals surface area (Å²) < 4.78 is 3.20. The monoisotopic (exact) mass is 521 g/mol. The van der Waals surface area contributed by atoms with E-state index in [1.165, 1.54) is 12.8 Å². The standard InChI is InChI=1S/C32H35N5O2/c38-31(33-21-24-7-3-1-4-8-24)30(26-9-5-2-6-10-26)27-17-19-35(20-18-27)28-13-15-29(16-14-28)36-23-34-37(32(36)39)22-25-11-12-25/h1-10,13-16,23,25,27,30H,11-12,17-22H2,(H,33,38). The molecule has 3 aromatic carbocycles. The van der Waals surface area contributed by atoms with Gasteiger partial charge in [-0.15, -0.1) is 0 Å². The number of nitrogens with zero attached hydrogens (tertiary/aromatic N) is 4. The minimum absolute atomic E-state index is 0.0760. The van der Waals surface area contributed by atoms with Gasteiger partial charge < -0.3 is 10.2 Å². The zero-order valence-corrected chi connectivity index (χ0v) is 22.2. The van der Waals surface area contributed by atoms with Gasteiger partial charge in [0.2, 0.25) is 5.91 Å². The van der Waals surface area contributed by atoms with E-state index in [9.17, 15) is 9.59 Å². The van der Waals surface area contributed by atoms with E-state index in [0.29, 0.717) is 19.0 Å². The highest BCUT2D eigenvalue weighted by Gasteiger charge is 2.32. The molecule has 2 heterocycles. The van der Waals surface area contributed by atoms with Crippen molar-refractivity contribution in [3.8, 4) is 5.69 Å². The van der Waals surface area contributed by atoms with Crippen LogP contribution < -0.4 is 15.9 Å². The minimum atomic E-state index is -0.168. The molecule has 7 nitrogen and oxygen atoms in total. The van der Waals surface area contributed by atoms with Gasteiger partial charge in [0.1, 0.15) is 6.33 Å². The number of carbonyl (C=O) groups is 1. The van der Waals surface area contributed by atoms with Crippen LogP contribution >= 0.6 is 0 Å². The molecule has 1 aliphatic carbocycles. The quantitative estimate of drug-likeness (QED) is 0.345. The van der Waals surface area contributed by atoms with Crippen molar-refractivity contribution in [3.63, 3.8) is 0 Å². The van der Waals surface area contributed by atoms with Gasteiger partial charge in [-0.2, -0.15) is 5.10 Å². The lowest BCUT2D eigenvalue weighted by Gasteiger charge is -2.37. The lowest BCUT2D eigenvalue weighted by molar-refractivity contribution is -0.124. The highest BCUT2D eigenvalue weighted by Crippen LogP contribution is 2.35. The van der Waals surface area contributed by atoms with Crippen LogP contribution in [0, 0.1) is 11.8 Å². The molecule has 1 aliphatic heterocycles. The lowest BCUT2D eigenvalue weighted by atomic mass is 9.79. The van der Waals surface area contributed by atoms with Crippen molar-refractivity contribution in [2.75, 3.05) is 18.0 Å². The maximum absolute atomic E-state index is 13.5. The molecule has 200 valence electrons. The Bertz CT molecular complexity index is 1430. The second kappa shape index (κ2) is 11.3. The summed E-state index contributed by atoms with van der Waals surface area (Å²) in [5.41, 5.74) is 4.08. The summed E-state index contributed by atoms with van der Waals surface area (Å²) in [6.07, 6.45) is 5.88. The Morgan fingerprint density at radius 3 is 2.15 bits per heavy atom. The number of amides is 1. The summed E-state index contributed by atoms with van der Waals surface area (Å²) in [5.74, 6) is 0.807. The summed E-state index contributed by atoms with van der Waals surface area (Å²) in [7, 11) is 0. The van der Waals surface area contributed by atoms with Gasteiger partial charge in [-0.1, -0.05) is 60.7 Å². The molecule has 4 aromatic rings. The van der Waals surface area contributed by atoms with Gasteiger partial charge in [0.05, 0.1) is 11.6 Å². The van der Waals surface area contributed by atoms with Gasteiger partial charge in [0, 0.05) is 31.9 Å². The Balaban J connectivity index is 1.11. The molecule has 0 bridgehead atoms. The first-order valence-corrected chi connectivity index (χ1v) is 14.0. The van der Waals surface area contributed by atoms with Crippen LogP contribution in [-0.2, 0) is 17.9 Å². The Labute approximate surface area is 229 Å². The van der Waals surface area contributed by atoms with E-state index in [-0.39, 0.29) is 23.4 Å². The van der Waals surface area contributed by atoms with E-state index >= 15 is 0 Å². The molecule has 2 aliphatic rings. The molecule has 1 N–H and O–H groups in total. The largest absolute Gasteiger partial charge is 0.372 e. The van der Waals surface area contributed by atoms with Gasteiger partial charge in [-0.05, 0) is 72.9 Å². The Morgan fingerprint density at radius 2 is 1.49 bits per heavy atom. The number of rotatable bonds is 9. The third-order valence-corrected chi connectivity index (χ3v) is 8.12. The summed E-state index contributed by atoms with van der Waals surface area (Å²) in [4.78, 5) is 28.6. The van der Waals surface area contributed by atoms with E-state index < -0.39 is 0 Å². The highest BCUT2D eigenvalue weighted by molar-refractivity contribution is 5.84. The maximum Gasteiger partial charge on any atom is 0.350 e. The first kappa shape index (κ1) is 25.2. The second-order valence-electron chi connectivity index (χ2n) is 10.8. The predicted octanol–water partition coefficient (Wildman–Crippen LogP) is 4.76. The van der Waals surface area contributed by atoms with Crippen LogP contribution in [0.1, 0.15) is 42.7 Å². The van der Waals surface area contributed by atoms with Crippen LogP contribution in [0.2, 0.25) is 0 Å². The third-order valence-electron chi connectivity index (χ3n) is 8.12. The second-order valence-corrected chi connectivity index (χ2v) is 10.8. The van der Waals surface area contributed by atoms with Crippen LogP contribution in [0.3, 0.4) is 0 Å². The molecule has 1 unspecified atom stereocenters. The zero-order chi connectivity index (χ0) is 26.6. The van der Waals surface area contributed by atoms with Crippen molar-refractivity contribution in [1.82, 2.24) is 19.7 Å². The molecule has 0 spiro atoms. The van der Waals surface area contributed by atoms with Crippen LogP contribution in [0.4, 0.5) is 5.69 Å². The van der Waals surface area contributed by atoms with Crippen LogP contribution in [0.25, 0.3) is 5.69 Å². The smallest absolute Gasteiger partial charge is 0.350 e. The van der Waals surface area contributed by atoms with Crippen molar-refractivity contribution in [1.29, 1.82) is 0 Å². The number of aromatic nitrogens is 3. The van der Waals surface area contributed by atoms with Gasteiger partial charge in [-0.3, -0.25) is 4.79 Å². The van der Waals surface area contributed by atoms with Gasteiger partial charge in [-0.25, -0.2) is 14.0 Å². The fraction of sp³-hybridized carbons (Fsp3) is 0.344. The predicted molar refractivity (Wildman–Crippen MR) is 153 cm³/mol. The van der Waals surface area contributed by atoms with Crippen LogP contribution in [0.15, 0.2) is 96.1 Å². The average molecular weight is 522 g/mol. The van der Waals surface area contributed by atoms with Gasteiger partial charge >= 0.3 is 5.69 Å². The molecular weight excluding hydrogens is 486 g/mol. The van der Waals surface area contributed by atoms with Gasteiger partial charge in [0.25, 0.3) is 0 Å². The third kappa shape index (κ3) is 5.82. The molecular formula is C32H35N5O2. The van der Waals surface area contributed by atoms with Crippen LogP contribution in [-0.4, -0.2) is 33.3 Å². The fourth-order valence-electron chi connectivity index (χ4n) is 5.69. The lowest BCUT2D eigenvalue weighted by Crippen LogP contribution is -2.40. The Kier molecular flexibility index (Phi) is 7.30. The van der Waals surface area contributed by atoms with Crippen molar-refractivity contribution in [3.05, 3.63) is 113 Å². The average Bonchev–Trinajstić information content (AvgIpc) is 3.74. The fourth-order valence-corrected chi connectivity index (χ4v) is 5.69. The SMILES string of the molecule is O=C(NCc1ccccc1)C(c1ccccc1)C1CCN(c2ccc(-n3cnn(CC4CC4)c3=O)cc2)CC1. The Hall–Kier alpha value is -4.13. The normalized spacial score (nSPS) is 16.7. The first-order chi connectivity index (χ1) is 19.2. The maximum atomic E-state index is 13.5. The van der Waals surface area contributed by atoms with Crippen molar-refractivity contribution in [2.24, 2.45) is 11.8 Å². The van der Waals surface area contributed by atoms with Gasteiger partial charge in [0.15, 0.2) is 0 Å². The summed E-state index contributed by atoms with van der Waals surface area (Å²) in [5, 5.41) is 7.50. The number of carbonyl (C=O) groups excluding carboxylic acids is 1. The molecule has 6 rings (SSSR count). The molecule has 39 heavy (non-hydrogen) atoms. The molecule has 1 aromatic heterocycles. The van der Waals surface area contributed by atoms with E-state index in [4.69, 9.17) is 0 Å². The molecule has 1 saturated heterocycles. The van der Waals surface area contributed by atoms with Crippen LogP contribution in [0.5, 0.6) is 0 Å². The van der Waals surface area contributed by atoms with Crippen molar-refractivity contribution < 1.29 is 4.79 Å². The molecule has 1 atom stereocenters. The van der Waals surface area contributed by atoms with Crippen molar-refractivity contribution >= 4 is 11.6 Å². The first-order valence-electron chi connectivity index (χ1n) is 14.0. The Morgan fingerprint density at radius 1 is 0.846 bits per heavy atom. The minimum Gasteiger partial charge on any atom is -0.372 e. The van der Waals surface area contributed by atoms with E-state index in [0.717, 1.165) is 48.4 Å². The molecule has 0 radical (unpaired) electrons. The molecule has 1 amide bonds. The number of piperidine rings is 1. The van der Waals surface area contributed by atoms with Crippen molar-refractivity contribution in [2.45, 2.75) is 44.7 Å². The topological polar surface area (TPSA) is 72.2 Å². The highest BCUT2D eigenvalue weighted by atomic mass is 16.2. The van der Waals surface area contributed by atoms with E-state index in [1.807, 2.05) is 60.7 Å². The number of benzene rings is 3. The molecule has 2 fully saturated rings. The summed E-state index contributed by atoms with van der Waals surface area (Å²) >= 11 is 0. The molecule has 1 saturated carbocycles. The molecule has 7 heteroatoms. The number of hydrogen-bond acceptors (Lipinski definition) is 4. The summed E-state index contributed by atoms with van der Waals surface area (Å²) in [6.45, 7) is 3.03. The number of anilines is 1. The summed E-state index contributed by atoms with van der Waals surface area (Å²) in [6, 6.07) is 28.4. The number of hydrogen-bond donors (Lipinski definition) is 1.